The van der Waals surface area contributed by atoms with Crippen LogP contribution < -0.4 is 0 Å². The number of ether oxygens (including phenoxy) is 2. The fraction of sp³-hybridized carbons (Fsp3) is 0.933. The minimum Gasteiger partial charge on any atom is -0.379 e. The van der Waals surface area contributed by atoms with Gasteiger partial charge < -0.3 is 9.47 Å². The van der Waals surface area contributed by atoms with Crippen molar-refractivity contribution in [2.75, 3.05) is 32.2 Å². The molecule has 0 aromatic carbocycles. The molecule has 0 N–H and O–H groups in total. The first-order valence-corrected chi connectivity index (χ1v) is 8.73. The minimum absolute atomic E-state index is 0.0289. The lowest BCUT2D eigenvalue weighted by atomic mass is 10.1. The Bertz CT molecular complexity index is 215. The van der Waals surface area contributed by atoms with Crippen LogP contribution in [0.25, 0.3) is 0 Å². The van der Waals surface area contributed by atoms with Crippen molar-refractivity contribution in [3.8, 4) is 0 Å². The molecule has 120 valence electrons. The van der Waals surface area contributed by atoms with Gasteiger partial charge in [-0.1, -0.05) is 44.9 Å². The molecular weight excluding hydrogens is 296 g/mol. The quantitative estimate of drug-likeness (QED) is 0.262. The largest absolute Gasteiger partial charge is 0.379 e. The highest BCUT2D eigenvalue weighted by molar-refractivity contribution is 7.80. The summed E-state index contributed by atoms with van der Waals surface area (Å²) >= 11 is 9.33. The van der Waals surface area contributed by atoms with Crippen LogP contribution in [0.2, 0.25) is 0 Å². The van der Waals surface area contributed by atoms with Crippen LogP contribution in [0.5, 0.6) is 0 Å². The van der Waals surface area contributed by atoms with Gasteiger partial charge in [0, 0.05) is 6.61 Å². The molecule has 3 nitrogen and oxygen atoms in total. The molecule has 0 saturated carbocycles. The van der Waals surface area contributed by atoms with Gasteiger partial charge >= 0.3 is 0 Å². The molecule has 0 amide bonds. The highest BCUT2D eigenvalue weighted by atomic mass is 35.5. The second-order valence-corrected chi connectivity index (χ2v) is 5.79. The first-order valence-electron chi connectivity index (χ1n) is 7.72. The Kier molecular flexibility index (Phi) is 17.5. The second kappa shape index (κ2) is 17.3. The predicted octanol–water partition coefficient (Wildman–Crippen LogP) is 4.23. The molecule has 0 bridgehead atoms. The first kappa shape index (κ1) is 20.2. The summed E-state index contributed by atoms with van der Waals surface area (Å²) in [5.74, 6) is 1.02. The summed E-state index contributed by atoms with van der Waals surface area (Å²) in [6, 6.07) is 0. The monoisotopic (exact) mass is 324 g/mol. The van der Waals surface area contributed by atoms with Crippen molar-refractivity contribution in [2.24, 2.45) is 0 Å². The molecule has 20 heavy (non-hydrogen) atoms. The fourth-order valence-corrected chi connectivity index (χ4v) is 2.23. The molecule has 0 radical (unpaired) electrons. The lowest BCUT2D eigenvalue weighted by molar-refractivity contribution is -0.116. The maximum atomic E-state index is 10.4. The van der Waals surface area contributed by atoms with Gasteiger partial charge in [-0.25, -0.2) is 0 Å². The Labute approximate surface area is 134 Å². The zero-order chi connectivity index (χ0) is 14.9. The van der Waals surface area contributed by atoms with Gasteiger partial charge in [0.25, 0.3) is 0 Å². The van der Waals surface area contributed by atoms with Crippen LogP contribution in [-0.2, 0) is 14.3 Å². The Balaban J connectivity index is 2.94. The zero-order valence-electron chi connectivity index (χ0n) is 12.4. The third-order valence-corrected chi connectivity index (χ3v) is 3.46. The van der Waals surface area contributed by atoms with E-state index in [1.807, 2.05) is 0 Å². The maximum Gasteiger partial charge on any atom is 0.247 e. The highest BCUT2D eigenvalue weighted by Crippen LogP contribution is 2.09. The Morgan fingerprint density at radius 1 is 0.750 bits per heavy atom. The molecule has 0 aliphatic carbocycles. The third-order valence-electron chi connectivity index (χ3n) is 3.03. The number of thiol groups is 1. The molecule has 0 atom stereocenters. The second-order valence-electron chi connectivity index (χ2n) is 4.93. The molecule has 0 fully saturated rings. The Morgan fingerprint density at radius 2 is 1.25 bits per heavy atom. The maximum absolute atomic E-state index is 10.4. The standard InChI is InChI=1S/C15H29ClO3S/c16-15(17)14-19-12-11-18-10-8-6-4-2-1-3-5-7-9-13-20/h20H,1-14H2. The van der Waals surface area contributed by atoms with E-state index in [0.29, 0.717) is 13.2 Å². The SMILES string of the molecule is O=C(Cl)COCCOCCCCCCCCCCCS. The number of carbonyl (C=O) groups excluding carboxylic acids is 1. The molecular formula is C15H29ClO3S. The molecule has 0 aromatic rings. The van der Waals surface area contributed by atoms with Gasteiger partial charge in [-0.2, -0.15) is 12.6 Å². The smallest absolute Gasteiger partial charge is 0.247 e. The molecule has 0 rings (SSSR count). The van der Waals surface area contributed by atoms with Crippen LogP contribution in [0.3, 0.4) is 0 Å². The van der Waals surface area contributed by atoms with Crippen molar-refractivity contribution in [1.29, 1.82) is 0 Å². The summed E-state index contributed by atoms with van der Waals surface area (Å²) < 4.78 is 10.4. The van der Waals surface area contributed by atoms with E-state index in [2.05, 4.69) is 12.6 Å². The molecule has 0 aliphatic rings. The number of halogens is 1. The van der Waals surface area contributed by atoms with Crippen LogP contribution in [0.1, 0.15) is 57.8 Å². The van der Waals surface area contributed by atoms with E-state index < -0.39 is 5.24 Å². The van der Waals surface area contributed by atoms with E-state index in [-0.39, 0.29) is 6.61 Å². The molecule has 5 heteroatoms. The number of unbranched alkanes of at least 4 members (excludes halogenated alkanes) is 8. The van der Waals surface area contributed by atoms with Gasteiger partial charge in [0.15, 0.2) is 0 Å². The molecule has 0 aliphatic heterocycles. The van der Waals surface area contributed by atoms with Crippen LogP contribution in [-0.4, -0.2) is 37.4 Å². The molecule has 0 unspecified atom stereocenters. The summed E-state index contributed by atoms with van der Waals surface area (Å²) in [6.07, 6.45) is 11.6. The minimum atomic E-state index is -0.462. The van der Waals surface area contributed by atoms with Crippen molar-refractivity contribution in [3.63, 3.8) is 0 Å². The highest BCUT2D eigenvalue weighted by Gasteiger charge is 1.96. The van der Waals surface area contributed by atoms with Gasteiger partial charge in [-0.3, -0.25) is 4.79 Å². The summed E-state index contributed by atoms with van der Waals surface area (Å²) in [5.41, 5.74) is 0. The molecule has 0 saturated heterocycles. The number of rotatable bonds is 16. The van der Waals surface area contributed by atoms with Gasteiger partial charge in [-0.15, -0.1) is 0 Å². The van der Waals surface area contributed by atoms with Crippen LogP contribution in [0.4, 0.5) is 0 Å². The normalized spacial score (nSPS) is 10.9. The molecule has 0 heterocycles. The van der Waals surface area contributed by atoms with Crippen LogP contribution in [0, 0.1) is 0 Å². The summed E-state index contributed by atoms with van der Waals surface area (Å²) in [5, 5.41) is -0.462. The number of hydrogen-bond acceptors (Lipinski definition) is 4. The van der Waals surface area contributed by atoms with Gasteiger partial charge in [0.2, 0.25) is 5.24 Å². The average molecular weight is 325 g/mol. The Hall–Kier alpha value is 0.230. The zero-order valence-corrected chi connectivity index (χ0v) is 14.1. The van der Waals surface area contributed by atoms with Gasteiger partial charge in [-0.05, 0) is 30.2 Å². The van der Waals surface area contributed by atoms with Crippen LogP contribution >= 0.6 is 24.2 Å². The van der Waals surface area contributed by atoms with E-state index >= 15 is 0 Å². The van der Waals surface area contributed by atoms with E-state index in [4.69, 9.17) is 21.1 Å². The summed E-state index contributed by atoms with van der Waals surface area (Å²) in [6.45, 7) is 1.72. The summed E-state index contributed by atoms with van der Waals surface area (Å²) in [4.78, 5) is 10.4. The predicted molar refractivity (Wildman–Crippen MR) is 87.9 cm³/mol. The van der Waals surface area contributed by atoms with Gasteiger partial charge in [0.1, 0.15) is 6.61 Å². The van der Waals surface area contributed by atoms with Crippen molar-refractivity contribution < 1.29 is 14.3 Å². The molecule has 0 aromatic heterocycles. The number of hydrogen-bond donors (Lipinski definition) is 1. The molecule has 0 spiro atoms. The number of carbonyl (C=O) groups is 1. The van der Waals surface area contributed by atoms with Crippen molar-refractivity contribution in [2.45, 2.75) is 57.8 Å². The van der Waals surface area contributed by atoms with Crippen LogP contribution in [0.15, 0.2) is 0 Å². The van der Waals surface area contributed by atoms with E-state index in [0.717, 1.165) is 18.8 Å². The summed E-state index contributed by atoms with van der Waals surface area (Å²) in [7, 11) is 0. The van der Waals surface area contributed by atoms with Crippen molar-refractivity contribution >= 4 is 29.5 Å². The van der Waals surface area contributed by atoms with Gasteiger partial charge in [0.05, 0.1) is 13.2 Å². The first-order chi connectivity index (χ1) is 9.77. The fourth-order valence-electron chi connectivity index (χ4n) is 1.93. The van der Waals surface area contributed by atoms with E-state index in [1.54, 1.807) is 0 Å². The average Bonchev–Trinajstić information content (AvgIpc) is 2.43. The Morgan fingerprint density at radius 3 is 1.80 bits per heavy atom. The van der Waals surface area contributed by atoms with Crippen molar-refractivity contribution in [1.82, 2.24) is 0 Å². The third kappa shape index (κ3) is 18.2. The topological polar surface area (TPSA) is 35.5 Å². The van der Waals surface area contributed by atoms with E-state index in [9.17, 15) is 4.79 Å². The van der Waals surface area contributed by atoms with Crippen molar-refractivity contribution in [3.05, 3.63) is 0 Å². The van der Waals surface area contributed by atoms with E-state index in [1.165, 1.54) is 51.4 Å². The lowest BCUT2D eigenvalue weighted by Crippen LogP contribution is -2.09. The lowest BCUT2D eigenvalue weighted by Gasteiger charge is -2.05.